The number of aromatic nitrogens is 1. The van der Waals surface area contributed by atoms with E-state index in [1.54, 1.807) is 0 Å². The molecule has 1 aromatic carbocycles. The number of hydrogen-bond acceptors (Lipinski definition) is 3. The number of pyridine rings is 1. The van der Waals surface area contributed by atoms with Gasteiger partial charge in [0.15, 0.2) is 0 Å². The van der Waals surface area contributed by atoms with Crippen LogP contribution in [0.5, 0.6) is 0 Å². The van der Waals surface area contributed by atoms with Crippen LogP contribution < -0.4 is 0 Å². The molecule has 4 nitrogen and oxygen atoms in total. The Balaban J connectivity index is 2.02. The van der Waals surface area contributed by atoms with Crippen molar-refractivity contribution in [3.63, 3.8) is 0 Å². The highest BCUT2D eigenvalue weighted by molar-refractivity contribution is 9.10. The summed E-state index contributed by atoms with van der Waals surface area (Å²) in [6.07, 6.45) is 1.64. The first-order chi connectivity index (χ1) is 11.6. The zero-order valence-corrected chi connectivity index (χ0v) is 15.2. The second-order valence-corrected chi connectivity index (χ2v) is 7.15. The van der Waals surface area contributed by atoms with Crippen LogP contribution in [0.1, 0.15) is 35.8 Å². The van der Waals surface area contributed by atoms with Crippen molar-refractivity contribution >= 4 is 21.9 Å². The van der Waals surface area contributed by atoms with Gasteiger partial charge in [-0.2, -0.15) is 0 Å². The monoisotopic (exact) mass is 388 g/mol. The highest BCUT2D eigenvalue weighted by atomic mass is 79.9. The quantitative estimate of drug-likeness (QED) is 0.858. The molecule has 1 aliphatic heterocycles. The molecular formula is C19H21BrN2O2. The average molecular weight is 389 g/mol. The Hall–Kier alpha value is -1.72. The van der Waals surface area contributed by atoms with Crippen molar-refractivity contribution in [3.05, 3.63) is 63.9 Å². The molecule has 1 saturated heterocycles. The molecule has 0 amide bonds. The summed E-state index contributed by atoms with van der Waals surface area (Å²) in [5.41, 5.74) is 3.06. The van der Waals surface area contributed by atoms with Gasteiger partial charge in [-0.1, -0.05) is 40.2 Å². The number of benzene rings is 1. The summed E-state index contributed by atoms with van der Waals surface area (Å²) in [5.74, 6) is -1.02. The lowest BCUT2D eigenvalue weighted by molar-refractivity contribution is -0.143. The Morgan fingerprint density at radius 1 is 1.29 bits per heavy atom. The Kier molecular flexibility index (Phi) is 5.31. The summed E-state index contributed by atoms with van der Waals surface area (Å²) in [7, 11) is 0. The molecule has 0 spiro atoms. The summed E-state index contributed by atoms with van der Waals surface area (Å²) in [6, 6.07) is 14.1. The van der Waals surface area contributed by atoms with Gasteiger partial charge < -0.3 is 5.11 Å². The fourth-order valence-corrected chi connectivity index (χ4v) is 3.90. The van der Waals surface area contributed by atoms with Crippen LogP contribution in [0.25, 0.3) is 0 Å². The van der Waals surface area contributed by atoms with Crippen molar-refractivity contribution in [2.75, 3.05) is 13.1 Å². The predicted octanol–water partition coefficient (Wildman–Crippen LogP) is 4.04. The summed E-state index contributed by atoms with van der Waals surface area (Å²) in [6.45, 7) is 3.42. The SMILES string of the molecule is Cc1cccc(C(c2ccccc2Br)N2CCCC(C(=O)O)C2)n1. The zero-order valence-electron chi connectivity index (χ0n) is 13.7. The summed E-state index contributed by atoms with van der Waals surface area (Å²) >= 11 is 3.65. The van der Waals surface area contributed by atoms with Crippen molar-refractivity contribution in [1.82, 2.24) is 9.88 Å². The van der Waals surface area contributed by atoms with Gasteiger partial charge >= 0.3 is 5.97 Å². The fraction of sp³-hybridized carbons (Fsp3) is 0.368. The van der Waals surface area contributed by atoms with Gasteiger partial charge in [-0.3, -0.25) is 14.7 Å². The van der Waals surface area contributed by atoms with Crippen molar-refractivity contribution in [2.45, 2.75) is 25.8 Å². The highest BCUT2D eigenvalue weighted by Crippen LogP contribution is 2.35. The first kappa shape index (κ1) is 17.1. The van der Waals surface area contributed by atoms with E-state index in [4.69, 9.17) is 4.98 Å². The molecule has 2 unspecified atom stereocenters. The lowest BCUT2D eigenvalue weighted by Crippen LogP contribution is -2.41. The zero-order chi connectivity index (χ0) is 17.1. The Labute approximate surface area is 150 Å². The number of aryl methyl sites for hydroxylation is 1. The lowest BCUT2D eigenvalue weighted by Gasteiger charge is -2.37. The predicted molar refractivity (Wildman–Crippen MR) is 96.9 cm³/mol. The molecule has 1 aliphatic rings. The molecule has 0 radical (unpaired) electrons. The molecule has 3 rings (SSSR count). The van der Waals surface area contributed by atoms with Gasteiger partial charge in [-0.05, 0) is 50.1 Å². The molecule has 1 fully saturated rings. The number of rotatable bonds is 4. The number of carboxylic acids is 1. The summed E-state index contributed by atoms with van der Waals surface area (Å²) in [4.78, 5) is 18.4. The normalized spacial score (nSPS) is 19.8. The molecule has 0 bridgehead atoms. The van der Waals surface area contributed by atoms with Gasteiger partial charge in [0.05, 0.1) is 17.7 Å². The molecular weight excluding hydrogens is 368 g/mol. The maximum Gasteiger partial charge on any atom is 0.307 e. The standard InChI is InChI=1S/C19H21BrN2O2/c1-13-6-4-10-17(21-13)18(15-8-2-3-9-16(15)20)22-11-5-7-14(12-22)19(23)24/h2-4,6,8-10,14,18H,5,7,11-12H2,1H3,(H,23,24). The van der Waals surface area contributed by atoms with Crippen molar-refractivity contribution < 1.29 is 9.90 Å². The first-order valence-corrected chi connectivity index (χ1v) is 9.00. The van der Waals surface area contributed by atoms with E-state index in [2.05, 4.69) is 26.9 Å². The van der Waals surface area contributed by atoms with Crippen LogP contribution in [0.3, 0.4) is 0 Å². The van der Waals surface area contributed by atoms with E-state index < -0.39 is 5.97 Å². The van der Waals surface area contributed by atoms with Crippen LogP contribution in [0.15, 0.2) is 46.9 Å². The highest BCUT2D eigenvalue weighted by Gasteiger charge is 2.32. The van der Waals surface area contributed by atoms with E-state index in [1.165, 1.54) is 0 Å². The van der Waals surface area contributed by atoms with Crippen molar-refractivity contribution in [2.24, 2.45) is 5.92 Å². The molecule has 5 heteroatoms. The van der Waals surface area contributed by atoms with E-state index >= 15 is 0 Å². The number of carboxylic acid groups (broad SMARTS) is 1. The number of aliphatic carboxylic acids is 1. The van der Waals surface area contributed by atoms with E-state index in [1.807, 2.05) is 43.3 Å². The number of likely N-dealkylation sites (tertiary alicyclic amines) is 1. The smallest absolute Gasteiger partial charge is 0.307 e. The molecule has 126 valence electrons. The Morgan fingerprint density at radius 2 is 2.08 bits per heavy atom. The van der Waals surface area contributed by atoms with Gasteiger partial charge in [0.1, 0.15) is 0 Å². The maximum atomic E-state index is 11.5. The maximum absolute atomic E-state index is 11.5. The third kappa shape index (κ3) is 3.68. The van der Waals surface area contributed by atoms with E-state index in [0.717, 1.165) is 40.8 Å². The largest absolute Gasteiger partial charge is 0.481 e. The summed E-state index contributed by atoms with van der Waals surface area (Å²) < 4.78 is 1.02. The van der Waals surface area contributed by atoms with Crippen molar-refractivity contribution in [3.8, 4) is 0 Å². The van der Waals surface area contributed by atoms with E-state index in [0.29, 0.717) is 6.54 Å². The van der Waals surface area contributed by atoms with Gasteiger partial charge in [-0.15, -0.1) is 0 Å². The summed E-state index contributed by atoms with van der Waals surface area (Å²) in [5, 5.41) is 9.43. The number of piperidine rings is 1. The van der Waals surface area contributed by atoms with E-state index in [-0.39, 0.29) is 12.0 Å². The Morgan fingerprint density at radius 3 is 2.79 bits per heavy atom. The van der Waals surface area contributed by atoms with Crippen LogP contribution in [0, 0.1) is 12.8 Å². The van der Waals surface area contributed by atoms with Crippen LogP contribution in [0.2, 0.25) is 0 Å². The third-order valence-corrected chi connectivity index (χ3v) is 5.28. The second kappa shape index (κ2) is 7.45. The number of hydrogen-bond donors (Lipinski definition) is 1. The van der Waals surface area contributed by atoms with Crippen molar-refractivity contribution in [1.29, 1.82) is 0 Å². The number of nitrogens with zero attached hydrogens (tertiary/aromatic N) is 2. The molecule has 1 N–H and O–H groups in total. The topological polar surface area (TPSA) is 53.4 Å². The second-order valence-electron chi connectivity index (χ2n) is 6.30. The van der Waals surface area contributed by atoms with Gasteiger partial charge in [0, 0.05) is 16.7 Å². The van der Waals surface area contributed by atoms with Crippen LogP contribution in [-0.4, -0.2) is 34.0 Å². The molecule has 0 saturated carbocycles. The van der Waals surface area contributed by atoms with Crippen LogP contribution >= 0.6 is 15.9 Å². The first-order valence-electron chi connectivity index (χ1n) is 8.21. The molecule has 2 heterocycles. The lowest BCUT2D eigenvalue weighted by atomic mass is 9.93. The van der Waals surface area contributed by atoms with E-state index in [9.17, 15) is 9.90 Å². The average Bonchev–Trinajstić information content (AvgIpc) is 2.57. The third-order valence-electron chi connectivity index (χ3n) is 4.56. The van der Waals surface area contributed by atoms with Crippen LogP contribution in [-0.2, 0) is 4.79 Å². The number of halogens is 1. The molecule has 1 aromatic heterocycles. The molecule has 2 atom stereocenters. The van der Waals surface area contributed by atoms with Gasteiger partial charge in [0.25, 0.3) is 0 Å². The molecule has 0 aliphatic carbocycles. The van der Waals surface area contributed by atoms with Gasteiger partial charge in [0.2, 0.25) is 0 Å². The number of carbonyl (C=O) groups is 1. The minimum atomic E-state index is -0.706. The fourth-order valence-electron chi connectivity index (χ4n) is 3.40. The minimum Gasteiger partial charge on any atom is -0.481 e. The van der Waals surface area contributed by atoms with Crippen LogP contribution in [0.4, 0.5) is 0 Å². The van der Waals surface area contributed by atoms with Gasteiger partial charge in [-0.25, -0.2) is 0 Å². The molecule has 2 aromatic rings. The molecule has 24 heavy (non-hydrogen) atoms. The minimum absolute atomic E-state index is 0.0392. The Bertz CT molecular complexity index is 735.